The summed E-state index contributed by atoms with van der Waals surface area (Å²) in [6, 6.07) is 8.80. The Balaban J connectivity index is 1.47. The fourth-order valence-corrected chi connectivity index (χ4v) is 3.93. The standard InChI is InChI=1S/C18H23N5O/c1-12-18(13-7-9-23(12)10-8-13)20-16-5-4-15(21-22-16)14-3-6-17(24-2)19-11-14/h3-6,11-13,18H,7-10H2,1-2H3,(H,20,22). The summed E-state index contributed by atoms with van der Waals surface area (Å²) in [7, 11) is 1.61. The van der Waals surface area contributed by atoms with Gasteiger partial charge in [-0.15, -0.1) is 10.2 Å². The van der Waals surface area contributed by atoms with Crippen LogP contribution in [0.4, 0.5) is 5.82 Å². The zero-order valence-corrected chi connectivity index (χ0v) is 14.1. The van der Waals surface area contributed by atoms with Gasteiger partial charge in [-0.2, -0.15) is 0 Å². The molecule has 5 heterocycles. The molecule has 24 heavy (non-hydrogen) atoms. The van der Waals surface area contributed by atoms with Gasteiger partial charge in [0.2, 0.25) is 5.88 Å². The van der Waals surface area contributed by atoms with E-state index in [9.17, 15) is 0 Å². The Bertz CT molecular complexity index is 678. The maximum Gasteiger partial charge on any atom is 0.212 e. The van der Waals surface area contributed by atoms with Gasteiger partial charge >= 0.3 is 0 Å². The van der Waals surface area contributed by atoms with Crippen molar-refractivity contribution in [2.24, 2.45) is 5.92 Å². The molecule has 3 saturated heterocycles. The lowest BCUT2D eigenvalue weighted by Gasteiger charge is -2.50. The van der Waals surface area contributed by atoms with Gasteiger partial charge in [-0.1, -0.05) is 0 Å². The molecule has 2 aromatic rings. The summed E-state index contributed by atoms with van der Waals surface area (Å²) in [4.78, 5) is 6.79. The molecule has 0 amide bonds. The molecule has 5 rings (SSSR count). The topological polar surface area (TPSA) is 63.2 Å². The summed E-state index contributed by atoms with van der Waals surface area (Å²) >= 11 is 0. The first-order valence-electron chi connectivity index (χ1n) is 8.59. The summed E-state index contributed by atoms with van der Waals surface area (Å²) in [6.07, 6.45) is 4.32. The first-order chi connectivity index (χ1) is 11.7. The number of methoxy groups -OCH3 is 1. The Hall–Kier alpha value is -2.21. The van der Waals surface area contributed by atoms with E-state index >= 15 is 0 Å². The predicted octanol–water partition coefficient (Wildman–Crippen LogP) is 2.44. The van der Waals surface area contributed by atoms with Gasteiger partial charge in [0.25, 0.3) is 0 Å². The minimum absolute atomic E-state index is 0.468. The Morgan fingerprint density at radius 3 is 2.54 bits per heavy atom. The summed E-state index contributed by atoms with van der Waals surface area (Å²) in [5, 5.41) is 12.3. The van der Waals surface area contributed by atoms with E-state index in [0.29, 0.717) is 18.0 Å². The van der Waals surface area contributed by atoms with Crippen LogP contribution in [0.5, 0.6) is 5.88 Å². The van der Waals surface area contributed by atoms with Crippen molar-refractivity contribution in [3.8, 4) is 17.1 Å². The second-order valence-electron chi connectivity index (χ2n) is 6.68. The highest BCUT2D eigenvalue weighted by molar-refractivity contribution is 5.58. The van der Waals surface area contributed by atoms with Gasteiger partial charge in [-0.25, -0.2) is 4.98 Å². The van der Waals surface area contributed by atoms with Crippen LogP contribution in [0, 0.1) is 5.92 Å². The lowest BCUT2D eigenvalue weighted by Crippen LogP contribution is -2.59. The van der Waals surface area contributed by atoms with E-state index in [4.69, 9.17) is 4.74 Å². The molecule has 0 radical (unpaired) electrons. The highest BCUT2D eigenvalue weighted by Gasteiger charge is 2.39. The Morgan fingerprint density at radius 2 is 1.96 bits per heavy atom. The molecule has 6 nitrogen and oxygen atoms in total. The molecule has 0 spiro atoms. The van der Waals surface area contributed by atoms with Gasteiger partial charge in [0, 0.05) is 29.9 Å². The fourth-order valence-electron chi connectivity index (χ4n) is 3.93. The smallest absolute Gasteiger partial charge is 0.212 e. The number of nitrogens with zero attached hydrogens (tertiary/aromatic N) is 4. The maximum atomic E-state index is 5.08. The molecule has 0 aliphatic carbocycles. The predicted molar refractivity (Wildman–Crippen MR) is 93.0 cm³/mol. The van der Waals surface area contributed by atoms with Crippen LogP contribution in [0.15, 0.2) is 30.5 Å². The van der Waals surface area contributed by atoms with E-state index < -0.39 is 0 Å². The maximum absolute atomic E-state index is 5.08. The van der Waals surface area contributed by atoms with Gasteiger partial charge < -0.3 is 10.1 Å². The van der Waals surface area contributed by atoms with Crippen molar-refractivity contribution in [1.82, 2.24) is 20.1 Å². The zero-order chi connectivity index (χ0) is 16.5. The molecule has 0 saturated carbocycles. The van der Waals surface area contributed by atoms with Crippen LogP contribution in [0.25, 0.3) is 11.3 Å². The Morgan fingerprint density at radius 1 is 1.12 bits per heavy atom. The monoisotopic (exact) mass is 325 g/mol. The number of pyridine rings is 1. The van der Waals surface area contributed by atoms with Crippen molar-refractivity contribution in [1.29, 1.82) is 0 Å². The highest BCUT2D eigenvalue weighted by Crippen LogP contribution is 2.33. The third kappa shape index (κ3) is 2.82. The van der Waals surface area contributed by atoms with Gasteiger partial charge in [-0.3, -0.25) is 4.90 Å². The van der Waals surface area contributed by atoms with E-state index in [2.05, 4.69) is 32.3 Å². The summed E-state index contributed by atoms with van der Waals surface area (Å²) < 4.78 is 5.08. The van der Waals surface area contributed by atoms with Crippen molar-refractivity contribution in [3.63, 3.8) is 0 Å². The molecular weight excluding hydrogens is 302 g/mol. The highest BCUT2D eigenvalue weighted by atomic mass is 16.5. The van der Waals surface area contributed by atoms with Gasteiger partial charge in [-0.05, 0) is 57.0 Å². The van der Waals surface area contributed by atoms with Crippen molar-refractivity contribution < 1.29 is 4.74 Å². The van der Waals surface area contributed by atoms with Crippen LogP contribution >= 0.6 is 0 Å². The number of hydrogen-bond acceptors (Lipinski definition) is 6. The second-order valence-corrected chi connectivity index (χ2v) is 6.68. The van der Waals surface area contributed by atoms with Crippen molar-refractivity contribution in [3.05, 3.63) is 30.5 Å². The van der Waals surface area contributed by atoms with Crippen molar-refractivity contribution in [2.45, 2.75) is 31.8 Å². The van der Waals surface area contributed by atoms with Gasteiger partial charge in [0.05, 0.1) is 12.8 Å². The summed E-state index contributed by atoms with van der Waals surface area (Å²) in [5.41, 5.74) is 1.75. The third-order valence-corrected chi connectivity index (χ3v) is 5.40. The van der Waals surface area contributed by atoms with Gasteiger partial charge in [0.15, 0.2) is 0 Å². The van der Waals surface area contributed by atoms with Crippen molar-refractivity contribution in [2.75, 3.05) is 25.5 Å². The molecule has 2 unspecified atom stereocenters. The SMILES string of the molecule is COc1ccc(-c2ccc(NC3C4CCN(CC4)C3C)nn2)cn1. The van der Waals surface area contributed by atoms with Crippen LogP contribution in [0.3, 0.4) is 0 Å². The molecule has 3 aliphatic rings. The molecular formula is C18H23N5O. The summed E-state index contributed by atoms with van der Waals surface area (Å²) in [6.45, 7) is 4.78. The molecule has 3 aliphatic heterocycles. The number of nitrogens with one attached hydrogen (secondary N) is 1. The van der Waals surface area contributed by atoms with Crippen LogP contribution in [-0.4, -0.2) is 52.4 Å². The molecule has 2 atom stereocenters. The molecule has 0 aromatic carbocycles. The van der Waals surface area contributed by atoms with Crippen LogP contribution in [0.1, 0.15) is 19.8 Å². The lowest BCUT2D eigenvalue weighted by atomic mass is 9.79. The Kier molecular flexibility index (Phi) is 4.06. The number of ether oxygens (including phenoxy) is 1. The largest absolute Gasteiger partial charge is 0.481 e. The minimum atomic E-state index is 0.468. The zero-order valence-electron chi connectivity index (χ0n) is 14.1. The van der Waals surface area contributed by atoms with E-state index in [-0.39, 0.29) is 0 Å². The van der Waals surface area contributed by atoms with Gasteiger partial charge in [0.1, 0.15) is 5.82 Å². The molecule has 1 N–H and O–H groups in total. The molecule has 2 aromatic heterocycles. The first kappa shape index (κ1) is 15.3. The lowest BCUT2D eigenvalue weighted by molar-refractivity contribution is 0.0457. The van der Waals surface area contributed by atoms with E-state index in [1.54, 1.807) is 13.3 Å². The second kappa shape index (κ2) is 6.36. The average Bonchev–Trinajstić information content (AvgIpc) is 2.66. The van der Waals surface area contributed by atoms with Crippen LogP contribution in [-0.2, 0) is 0 Å². The van der Waals surface area contributed by atoms with Crippen LogP contribution < -0.4 is 10.1 Å². The van der Waals surface area contributed by atoms with E-state index in [1.165, 1.54) is 25.9 Å². The molecule has 126 valence electrons. The number of aromatic nitrogens is 3. The van der Waals surface area contributed by atoms with Crippen molar-refractivity contribution >= 4 is 5.82 Å². The number of piperidine rings is 3. The Labute approximate surface area is 142 Å². The number of anilines is 1. The van der Waals surface area contributed by atoms with E-state index in [0.717, 1.165) is 23.0 Å². The fraction of sp³-hybridized carbons (Fsp3) is 0.500. The van der Waals surface area contributed by atoms with E-state index in [1.807, 2.05) is 24.3 Å². The average molecular weight is 325 g/mol. The van der Waals surface area contributed by atoms with Crippen LogP contribution in [0.2, 0.25) is 0 Å². The normalized spacial score (nSPS) is 28.6. The summed E-state index contributed by atoms with van der Waals surface area (Å²) in [5.74, 6) is 2.20. The first-order valence-corrected chi connectivity index (χ1v) is 8.59. The minimum Gasteiger partial charge on any atom is -0.481 e. The number of fused-ring (bicyclic) bond motifs is 3. The molecule has 2 bridgehead atoms. The quantitative estimate of drug-likeness (QED) is 0.931. The third-order valence-electron chi connectivity index (χ3n) is 5.40. The molecule has 6 heteroatoms. The number of rotatable bonds is 4. The number of hydrogen-bond donors (Lipinski definition) is 1. The molecule has 3 fully saturated rings.